The van der Waals surface area contributed by atoms with E-state index in [-0.39, 0.29) is 5.91 Å². The SMILES string of the molecule is CC(CCc1ccccc1)NC1CCC(=O)NC1. The third-order valence-corrected chi connectivity index (χ3v) is 3.49. The van der Waals surface area contributed by atoms with Crippen LogP contribution in [0.2, 0.25) is 0 Å². The molecule has 1 aromatic carbocycles. The van der Waals surface area contributed by atoms with E-state index in [0.29, 0.717) is 18.5 Å². The first-order valence-corrected chi connectivity index (χ1v) is 6.80. The van der Waals surface area contributed by atoms with Crippen LogP contribution in [0.4, 0.5) is 0 Å². The molecule has 2 unspecified atom stereocenters. The third kappa shape index (κ3) is 4.15. The molecule has 1 heterocycles. The molecule has 3 nitrogen and oxygen atoms in total. The number of carbonyl (C=O) groups excluding carboxylic acids is 1. The molecule has 18 heavy (non-hydrogen) atoms. The van der Waals surface area contributed by atoms with Gasteiger partial charge in [0.1, 0.15) is 0 Å². The van der Waals surface area contributed by atoms with Crippen LogP contribution in [0.25, 0.3) is 0 Å². The zero-order valence-corrected chi connectivity index (χ0v) is 11.0. The number of hydrogen-bond donors (Lipinski definition) is 2. The lowest BCUT2D eigenvalue weighted by atomic mass is 10.0. The van der Waals surface area contributed by atoms with Gasteiger partial charge in [-0.15, -0.1) is 0 Å². The Morgan fingerprint density at radius 1 is 1.39 bits per heavy atom. The second kappa shape index (κ2) is 6.55. The molecule has 1 saturated heterocycles. The largest absolute Gasteiger partial charge is 0.355 e. The van der Waals surface area contributed by atoms with Crippen LogP contribution in [0, 0.1) is 0 Å². The van der Waals surface area contributed by atoms with Gasteiger partial charge in [0.05, 0.1) is 0 Å². The number of rotatable bonds is 5. The predicted octanol–water partition coefficient (Wildman–Crippen LogP) is 1.88. The Kier molecular flexibility index (Phi) is 4.76. The van der Waals surface area contributed by atoms with Gasteiger partial charge in [0.15, 0.2) is 0 Å². The molecule has 1 aliphatic rings. The van der Waals surface area contributed by atoms with Crippen molar-refractivity contribution in [3.63, 3.8) is 0 Å². The summed E-state index contributed by atoms with van der Waals surface area (Å²) in [4.78, 5) is 11.1. The molecule has 0 spiro atoms. The molecule has 2 rings (SSSR count). The molecule has 1 aromatic rings. The van der Waals surface area contributed by atoms with Gasteiger partial charge in [0.2, 0.25) is 5.91 Å². The minimum absolute atomic E-state index is 0.185. The molecule has 3 heteroatoms. The Morgan fingerprint density at radius 3 is 2.83 bits per heavy atom. The van der Waals surface area contributed by atoms with E-state index in [0.717, 1.165) is 25.8 Å². The Balaban J connectivity index is 1.69. The van der Waals surface area contributed by atoms with Crippen molar-refractivity contribution in [2.75, 3.05) is 6.54 Å². The molecule has 0 bridgehead atoms. The van der Waals surface area contributed by atoms with Crippen molar-refractivity contribution in [3.05, 3.63) is 35.9 Å². The Morgan fingerprint density at radius 2 is 2.17 bits per heavy atom. The molecular weight excluding hydrogens is 224 g/mol. The van der Waals surface area contributed by atoms with E-state index in [1.807, 2.05) is 0 Å². The van der Waals surface area contributed by atoms with Crippen molar-refractivity contribution < 1.29 is 4.79 Å². The molecule has 0 aliphatic carbocycles. The van der Waals surface area contributed by atoms with Gasteiger partial charge in [-0.1, -0.05) is 30.3 Å². The van der Waals surface area contributed by atoms with E-state index in [1.165, 1.54) is 5.56 Å². The van der Waals surface area contributed by atoms with Gasteiger partial charge in [-0.25, -0.2) is 0 Å². The van der Waals surface area contributed by atoms with Crippen molar-refractivity contribution in [1.82, 2.24) is 10.6 Å². The normalized spacial score (nSPS) is 21.4. The molecule has 1 aliphatic heterocycles. The summed E-state index contributed by atoms with van der Waals surface area (Å²) in [7, 11) is 0. The maximum Gasteiger partial charge on any atom is 0.220 e. The number of aryl methyl sites for hydroxylation is 1. The molecule has 2 N–H and O–H groups in total. The fourth-order valence-corrected chi connectivity index (χ4v) is 2.39. The lowest BCUT2D eigenvalue weighted by Gasteiger charge is -2.27. The Bertz CT molecular complexity index is 367. The number of nitrogens with one attached hydrogen (secondary N) is 2. The van der Waals surface area contributed by atoms with Gasteiger partial charge in [-0.3, -0.25) is 4.79 Å². The van der Waals surface area contributed by atoms with Gasteiger partial charge in [-0.2, -0.15) is 0 Å². The summed E-state index contributed by atoms with van der Waals surface area (Å²) < 4.78 is 0. The summed E-state index contributed by atoms with van der Waals surface area (Å²) in [5.41, 5.74) is 1.39. The van der Waals surface area contributed by atoms with E-state index in [9.17, 15) is 4.79 Å². The Labute approximate surface area is 109 Å². The van der Waals surface area contributed by atoms with Crippen LogP contribution < -0.4 is 10.6 Å². The van der Waals surface area contributed by atoms with Crippen LogP contribution in [0.1, 0.15) is 31.7 Å². The van der Waals surface area contributed by atoms with Crippen molar-refractivity contribution in [3.8, 4) is 0 Å². The first kappa shape index (κ1) is 13.1. The molecule has 0 aromatic heterocycles. The van der Waals surface area contributed by atoms with E-state index < -0.39 is 0 Å². The highest BCUT2D eigenvalue weighted by molar-refractivity contribution is 5.76. The molecule has 98 valence electrons. The lowest BCUT2D eigenvalue weighted by Crippen LogP contribution is -2.48. The zero-order chi connectivity index (χ0) is 12.8. The van der Waals surface area contributed by atoms with Crippen LogP contribution in [0.15, 0.2) is 30.3 Å². The molecule has 1 amide bonds. The van der Waals surface area contributed by atoms with Crippen molar-refractivity contribution >= 4 is 5.91 Å². The highest BCUT2D eigenvalue weighted by atomic mass is 16.1. The summed E-state index contributed by atoms with van der Waals surface area (Å²) in [5.74, 6) is 0.185. The van der Waals surface area contributed by atoms with Gasteiger partial charge < -0.3 is 10.6 Å². The van der Waals surface area contributed by atoms with Crippen LogP contribution in [-0.2, 0) is 11.2 Å². The summed E-state index contributed by atoms with van der Waals surface area (Å²) >= 11 is 0. The summed E-state index contributed by atoms with van der Waals surface area (Å²) in [6.45, 7) is 2.99. The molecular formula is C15H22N2O. The van der Waals surface area contributed by atoms with Crippen molar-refractivity contribution in [1.29, 1.82) is 0 Å². The molecule has 0 radical (unpaired) electrons. The van der Waals surface area contributed by atoms with Crippen LogP contribution in [-0.4, -0.2) is 24.5 Å². The first-order chi connectivity index (χ1) is 8.74. The zero-order valence-electron chi connectivity index (χ0n) is 11.0. The van der Waals surface area contributed by atoms with Gasteiger partial charge in [-0.05, 0) is 31.7 Å². The monoisotopic (exact) mass is 246 g/mol. The summed E-state index contributed by atoms with van der Waals surface area (Å²) in [5, 5.41) is 6.50. The standard InChI is InChI=1S/C15H22N2O/c1-12(7-8-13-5-3-2-4-6-13)17-14-9-10-15(18)16-11-14/h2-6,12,14,17H,7-11H2,1H3,(H,16,18). The number of benzene rings is 1. The second-order valence-electron chi connectivity index (χ2n) is 5.13. The van der Waals surface area contributed by atoms with E-state index >= 15 is 0 Å². The highest BCUT2D eigenvalue weighted by Crippen LogP contribution is 2.08. The Hall–Kier alpha value is -1.35. The van der Waals surface area contributed by atoms with Crippen molar-refractivity contribution in [2.45, 2.75) is 44.7 Å². The van der Waals surface area contributed by atoms with E-state index in [2.05, 4.69) is 47.9 Å². The average molecular weight is 246 g/mol. The minimum atomic E-state index is 0.185. The van der Waals surface area contributed by atoms with Crippen LogP contribution >= 0.6 is 0 Å². The summed E-state index contributed by atoms with van der Waals surface area (Å²) in [6, 6.07) is 11.5. The van der Waals surface area contributed by atoms with Crippen molar-refractivity contribution in [2.24, 2.45) is 0 Å². The number of carbonyl (C=O) groups is 1. The maximum absolute atomic E-state index is 11.1. The number of hydrogen-bond acceptors (Lipinski definition) is 2. The third-order valence-electron chi connectivity index (χ3n) is 3.49. The molecule has 0 saturated carbocycles. The minimum Gasteiger partial charge on any atom is -0.355 e. The molecule has 1 fully saturated rings. The fraction of sp³-hybridized carbons (Fsp3) is 0.533. The lowest BCUT2D eigenvalue weighted by molar-refractivity contribution is -0.122. The fourth-order valence-electron chi connectivity index (χ4n) is 2.39. The van der Waals surface area contributed by atoms with Crippen LogP contribution in [0.3, 0.4) is 0 Å². The number of piperidine rings is 1. The van der Waals surface area contributed by atoms with Gasteiger partial charge >= 0.3 is 0 Å². The van der Waals surface area contributed by atoms with E-state index in [1.54, 1.807) is 0 Å². The number of amides is 1. The van der Waals surface area contributed by atoms with Gasteiger partial charge in [0, 0.05) is 25.0 Å². The second-order valence-corrected chi connectivity index (χ2v) is 5.13. The van der Waals surface area contributed by atoms with Crippen LogP contribution in [0.5, 0.6) is 0 Å². The first-order valence-electron chi connectivity index (χ1n) is 6.80. The van der Waals surface area contributed by atoms with Gasteiger partial charge in [0.25, 0.3) is 0 Å². The average Bonchev–Trinajstić information content (AvgIpc) is 2.40. The predicted molar refractivity (Wildman–Crippen MR) is 73.4 cm³/mol. The topological polar surface area (TPSA) is 41.1 Å². The van der Waals surface area contributed by atoms with E-state index in [4.69, 9.17) is 0 Å². The smallest absolute Gasteiger partial charge is 0.220 e. The maximum atomic E-state index is 11.1. The molecule has 2 atom stereocenters. The summed E-state index contributed by atoms with van der Waals surface area (Å²) in [6.07, 6.45) is 3.85. The highest BCUT2D eigenvalue weighted by Gasteiger charge is 2.18. The quantitative estimate of drug-likeness (QED) is 0.833.